The third-order valence-electron chi connectivity index (χ3n) is 4.73. The highest BCUT2D eigenvalue weighted by Crippen LogP contribution is 2.21. The number of amides is 2. The Labute approximate surface area is 147 Å². The molecular formula is C17H25N5O3. The van der Waals surface area contributed by atoms with Crippen LogP contribution in [0.15, 0.2) is 12.3 Å². The third kappa shape index (κ3) is 3.83. The summed E-state index contributed by atoms with van der Waals surface area (Å²) in [5.41, 5.74) is 0. The molecule has 3 rings (SSSR count). The largest absolute Gasteiger partial charge is 0.478 e. The van der Waals surface area contributed by atoms with Gasteiger partial charge in [0.25, 0.3) is 0 Å². The number of carbonyl (C=O) groups is 2. The zero-order valence-corrected chi connectivity index (χ0v) is 14.8. The summed E-state index contributed by atoms with van der Waals surface area (Å²) in [6.07, 6.45) is 3.35. The van der Waals surface area contributed by atoms with Crippen LogP contribution in [0, 0.1) is 0 Å². The first-order valence-electron chi connectivity index (χ1n) is 8.87. The predicted octanol–water partition coefficient (Wildman–Crippen LogP) is 0.535. The molecule has 8 heteroatoms. The normalized spacial score (nSPS) is 20.7. The van der Waals surface area contributed by atoms with E-state index in [1.165, 1.54) is 6.92 Å². The number of carbonyl (C=O) groups excluding carboxylic acids is 2. The molecule has 2 saturated heterocycles. The molecule has 0 aliphatic carbocycles. The van der Waals surface area contributed by atoms with E-state index >= 15 is 0 Å². The molecule has 2 amide bonds. The van der Waals surface area contributed by atoms with Crippen molar-refractivity contribution in [1.29, 1.82) is 0 Å². The van der Waals surface area contributed by atoms with Crippen molar-refractivity contribution < 1.29 is 14.3 Å². The van der Waals surface area contributed by atoms with E-state index in [9.17, 15) is 9.59 Å². The molecule has 0 N–H and O–H groups in total. The number of hydrogen-bond donors (Lipinski definition) is 0. The minimum atomic E-state index is -0.290. The van der Waals surface area contributed by atoms with Gasteiger partial charge in [-0.15, -0.1) is 0 Å². The fourth-order valence-electron chi connectivity index (χ4n) is 3.45. The SMILES string of the molecule is CCOc1ccnc(N2CCN(C(=O)[C@H]3CCCN3C(C)=O)CC2)n1. The molecule has 8 nitrogen and oxygen atoms in total. The van der Waals surface area contributed by atoms with Crippen LogP contribution in [0.4, 0.5) is 5.95 Å². The van der Waals surface area contributed by atoms with Crippen LogP contribution in [0.25, 0.3) is 0 Å². The van der Waals surface area contributed by atoms with Gasteiger partial charge in [-0.05, 0) is 19.8 Å². The molecule has 1 aromatic heterocycles. The van der Waals surface area contributed by atoms with Gasteiger partial charge in [-0.2, -0.15) is 4.98 Å². The Morgan fingerprint density at radius 3 is 2.68 bits per heavy atom. The zero-order valence-electron chi connectivity index (χ0n) is 14.8. The molecule has 2 fully saturated rings. The van der Waals surface area contributed by atoms with Crippen molar-refractivity contribution in [2.24, 2.45) is 0 Å². The van der Waals surface area contributed by atoms with Crippen LogP contribution in [-0.2, 0) is 9.59 Å². The van der Waals surface area contributed by atoms with Gasteiger partial charge in [0.1, 0.15) is 6.04 Å². The summed E-state index contributed by atoms with van der Waals surface area (Å²) >= 11 is 0. The standard InChI is InChI=1S/C17H25N5O3/c1-3-25-15-6-7-18-17(19-15)21-11-9-20(10-12-21)16(24)14-5-4-8-22(14)13(2)23/h6-7,14H,3-5,8-12H2,1-2H3/t14-/m1/s1. The molecule has 3 heterocycles. The number of likely N-dealkylation sites (tertiary alicyclic amines) is 1. The maximum absolute atomic E-state index is 12.8. The average Bonchev–Trinajstić information content (AvgIpc) is 3.12. The second kappa shape index (κ2) is 7.67. The van der Waals surface area contributed by atoms with Crippen molar-refractivity contribution in [3.05, 3.63) is 12.3 Å². The van der Waals surface area contributed by atoms with Crippen LogP contribution in [0.5, 0.6) is 5.88 Å². The highest BCUT2D eigenvalue weighted by molar-refractivity contribution is 5.87. The van der Waals surface area contributed by atoms with Gasteiger partial charge in [0.05, 0.1) is 6.61 Å². The number of rotatable bonds is 4. The molecule has 0 spiro atoms. The molecule has 1 aromatic rings. The average molecular weight is 347 g/mol. The summed E-state index contributed by atoms with van der Waals surface area (Å²) in [7, 11) is 0. The number of hydrogen-bond acceptors (Lipinski definition) is 6. The van der Waals surface area contributed by atoms with Gasteiger partial charge in [0, 0.05) is 51.9 Å². The van der Waals surface area contributed by atoms with Crippen LogP contribution in [0.3, 0.4) is 0 Å². The van der Waals surface area contributed by atoms with E-state index in [0.717, 1.165) is 12.8 Å². The van der Waals surface area contributed by atoms with E-state index in [1.54, 1.807) is 17.2 Å². The quantitative estimate of drug-likeness (QED) is 0.791. The van der Waals surface area contributed by atoms with E-state index < -0.39 is 0 Å². The summed E-state index contributed by atoms with van der Waals surface area (Å²) in [5, 5.41) is 0. The van der Waals surface area contributed by atoms with E-state index in [0.29, 0.717) is 51.2 Å². The topological polar surface area (TPSA) is 78.9 Å². The van der Waals surface area contributed by atoms with Crippen LogP contribution in [-0.4, -0.2) is 77.0 Å². The predicted molar refractivity (Wildman–Crippen MR) is 92.4 cm³/mol. The first kappa shape index (κ1) is 17.4. The van der Waals surface area contributed by atoms with Gasteiger partial charge < -0.3 is 19.4 Å². The van der Waals surface area contributed by atoms with Gasteiger partial charge in [0.15, 0.2) is 0 Å². The number of anilines is 1. The minimum Gasteiger partial charge on any atom is -0.478 e. The lowest BCUT2D eigenvalue weighted by Gasteiger charge is -2.37. The second-order valence-corrected chi connectivity index (χ2v) is 6.31. The summed E-state index contributed by atoms with van der Waals surface area (Å²) in [5.74, 6) is 1.24. The van der Waals surface area contributed by atoms with E-state index in [4.69, 9.17) is 4.74 Å². The smallest absolute Gasteiger partial charge is 0.245 e. The van der Waals surface area contributed by atoms with E-state index in [-0.39, 0.29) is 17.9 Å². The first-order valence-corrected chi connectivity index (χ1v) is 8.87. The zero-order chi connectivity index (χ0) is 17.8. The monoisotopic (exact) mass is 347 g/mol. The third-order valence-corrected chi connectivity index (χ3v) is 4.73. The first-order chi connectivity index (χ1) is 12.1. The lowest BCUT2D eigenvalue weighted by atomic mass is 10.1. The molecule has 25 heavy (non-hydrogen) atoms. The fourth-order valence-corrected chi connectivity index (χ4v) is 3.45. The Hall–Kier alpha value is -2.38. The lowest BCUT2D eigenvalue weighted by molar-refractivity contribution is -0.143. The van der Waals surface area contributed by atoms with Gasteiger partial charge >= 0.3 is 0 Å². The van der Waals surface area contributed by atoms with Gasteiger partial charge in [-0.1, -0.05) is 0 Å². The molecule has 136 valence electrons. The van der Waals surface area contributed by atoms with Gasteiger partial charge in [-0.3, -0.25) is 9.59 Å². The van der Waals surface area contributed by atoms with E-state index in [2.05, 4.69) is 14.9 Å². The maximum Gasteiger partial charge on any atom is 0.245 e. The summed E-state index contributed by atoms with van der Waals surface area (Å²) in [4.78, 5) is 38.8. The maximum atomic E-state index is 12.8. The highest BCUT2D eigenvalue weighted by Gasteiger charge is 2.36. The van der Waals surface area contributed by atoms with Crippen LogP contribution in [0.1, 0.15) is 26.7 Å². The number of ether oxygens (including phenoxy) is 1. The van der Waals surface area contributed by atoms with E-state index in [1.807, 2.05) is 11.8 Å². The molecule has 2 aliphatic heterocycles. The second-order valence-electron chi connectivity index (χ2n) is 6.31. The molecule has 0 aromatic carbocycles. The van der Waals surface area contributed by atoms with Crippen LogP contribution >= 0.6 is 0 Å². The number of piperazine rings is 1. The summed E-state index contributed by atoms with van der Waals surface area (Å²) < 4.78 is 5.42. The fraction of sp³-hybridized carbons (Fsp3) is 0.647. The molecule has 0 radical (unpaired) electrons. The number of aromatic nitrogens is 2. The Bertz CT molecular complexity index is 630. The van der Waals surface area contributed by atoms with Crippen LogP contribution < -0.4 is 9.64 Å². The van der Waals surface area contributed by atoms with Crippen molar-refractivity contribution in [3.63, 3.8) is 0 Å². The van der Waals surface area contributed by atoms with Gasteiger partial charge in [0.2, 0.25) is 23.6 Å². The van der Waals surface area contributed by atoms with Crippen molar-refractivity contribution in [3.8, 4) is 5.88 Å². The lowest BCUT2D eigenvalue weighted by Crippen LogP contribution is -2.54. The molecule has 1 atom stereocenters. The van der Waals surface area contributed by atoms with Crippen molar-refractivity contribution in [2.45, 2.75) is 32.7 Å². The summed E-state index contributed by atoms with van der Waals surface area (Å²) in [6.45, 7) is 7.27. The molecular weight excluding hydrogens is 322 g/mol. The van der Waals surface area contributed by atoms with Crippen molar-refractivity contribution in [1.82, 2.24) is 19.8 Å². The molecule has 0 unspecified atom stereocenters. The Morgan fingerprint density at radius 2 is 2.00 bits per heavy atom. The Kier molecular flexibility index (Phi) is 5.35. The Balaban J connectivity index is 1.59. The van der Waals surface area contributed by atoms with Crippen LogP contribution in [0.2, 0.25) is 0 Å². The highest BCUT2D eigenvalue weighted by atomic mass is 16.5. The number of nitrogens with zero attached hydrogens (tertiary/aromatic N) is 5. The van der Waals surface area contributed by atoms with Crippen molar-refractivity contribution in [2.75, 3.05) is 44.2 Å². The molecule has 0 saturated carbocycles. The van der Waals surface area contributed by atoms with Crippen molar-refractivity contribution >= 4 is 17.8 Å². The Morgan fingerprint density at radius 1 is 1.24 bits per heavy atom. The van der Waals surface area contributed by atoms with Gasteiger partial charge in [-0.25, -0.2) is 4.98 Å². The molecule has 2 aliphatic rings. The molecule has 0 bridgehead atoms. The minimum absolute atomic E-state index is 0.0179. The summed E-state index contributed by atoms with van der Waals surface area (Å²) in [6, 6.07) is 1.45.